The van der Waals surface area contributed by atoms with Crippen LogP contribution in [-0.4, -0.2) is 25.1 Å². The van der Waals surface area contributed by atoms with Crippen molar-refractivity contribution in [3.05, 3.63) is 53.6 Å². The first kappa shape index (κ1) is 18.5. The van der Waals surface area contributed by atoms with E-state index in [-0.39, 0.29) is 16.6 Å². The van der Waals surface area contributed by atoms with Gasteiger partial charge < -0.3 is 0 Å². The molecule has 26 heavy (non-hydrogen) atoms. The number of nitrogens with one attached hydrogen (secondary N) is 1. The highest BCUT2D eigenvalue weighted by atomic mass is 32.2. The molecule has 3 aromatic rings. The van der Waals surface area contributed by atoms with Crippen LogP contribution in [0.25, 0.3) is 10.2 Å². The maximum absolute atomic E-state index is 12.5. The van der Waals surface area contributed by atoms with E-state index in [1.807, 2.05) is 18.2 Å². The molecule has 0 saturated heterocycles. The number of fused-ring (bicyclic) bond motifs is 1. The Morgan fingerprint density at radius 3 is 2.62 bits per heavy atom. The van der Waals surface area contributed by atoms with E-state index in [9.17, 15) is 13.2 Å². The van der Waals surface area contributed by atoms with Crippen molar-refractivity contribution < 1.29 is 13.2 Å². The van der Waals surface area contributed by atoms with Crippen molar-refractivity contribution in [2.75, 3.05) is 11.1 Å². The third-order valence-corrected chi connectivity index (χ3v) is 6.80. The molecule has 1 aromatic heterocycles. The van der Waals surface area contributed by atoms with E-state index in [2.05, 4.69) is 24.1 Å². The highest BCUT2D eigenvalue weighted by Gasteiger charge is 2.16. The molecule has 0 aliphatic rings. The second-order valence-electron chi connectivity index (χ2n) is 6.25. The number of carbonyl (C=O) groups excluding carboxylic acids is 1. The van der Waals surface area contributed by atoms with Crippen LogP contribution in [0.1, 0.15) is 42.6 Å². The molecule has 0 saturated carbocycles. The van der Waals surface area contributed by atoms with Crippen molar-refractivity contribution in [3.63, 3.8) is 0 Å². The molecule has 2 aromatic carbocycles. The summed E-state index contributed by atoms with van der Waals surface area (Å²) in [6.45, 7) is 5.79. The third-order valence-electron chi connectivity index (χ3n) is 4.13. The molecule has 5 nitrogen and oxygen atoms in total. The summed E-state index contributed by atoms with van der Waals surface area (Å²) in [5.41, 5.74) is 2.32. The van der Waals surface area contributed by atoms with Crippen LogP contribution in [0.3, 0.4) is 0 Å². The standard InChI is InChI=1S/C19H20N2O3S2/c1-4-26(23,24)14-8-5-7-13(11-14)18(22)21-19-20-17-15(12(2)3)9-6-10-16(17)25-19/h5-12H,4H2,1-3H3,(H,20,21,22). The predicted octanol–water partition coefficient (Wildman–Crippen LogP) is 4.47. The topological polar surface area (TPSA) is 76.1 Å². The molecule has 0 unspecified atom stereocenters. The molecule has 0 bridgehead atoms. The van der Waals surface area contributed by atoms with Crippen LogP contribution in [0.5, 0.6) is 0 Å². The number of aromatic nitrogens is 1. The number of hydrogen-bond donors (Lipinski definition) is 1. The second kappa shape index (κ2) is 7.17. The van der Waals surface area contributed by atoms with Crippen molar-refractivity contribution >= 4 is 42.4 Å². The maximum atomic E-state index is 12.5. The fraction of sp³-hybridized carbons (Fsp3) is 0.263. The second-order valence-corrected chi connectivity index (χ2v) is 9.56. The quantitative estimate of drug-likeness (QED) is 0.700. The number of benzene rings is 2. The fourth-order valence-corrected chi connectivity index (χ4v) is 4.48. The zero-order valence-electron chi connectivity index (χ0n) is 14.8. The molecule has 0 fully saturated rings. The van der Waals surface area contributed by atoms with Crippen LogP contribution in [-0.2, 0) is 9.84 Å². The largest absolute Gasteiger partial charge is 0.298 e. The van der Waals surface area contributed by atoms with Crippen LogP contribution in [0.15, 0.2) is 47.4 Å². The minimum Gasteiger partial charge on any atom is -0.298 e. The SMILES string of the molecule is CCS(=O)(=O)c1cccc(C(=O)Nc2nc3c(C(C)C)cccc3s2)c1. The number of rotatable bonds is 5. The Morgan fingerprint density at radius 2 is 1.92 bits per heavy atom. The van der Waals surface area contributed by atoms with Gasteiger partial charge in [-0.05, 0) is 35.7 Å². The van der Waals surface area contributed by atoms with Crippen molar-refractivity contribution in [2.24, 2.45) is 0 Å². The third kappa shape index (κ3) is 3.64. The van der Waals surface area contributed by atoms with E-state index in [4.69, 9.17) is 0 Å². The summed E-state index contributed by atoms with van der Waals surface area (Å²) in [6.07, 6.45) is 0. The zero-order valence-corrected chi connectivity index (χ0v) is 16.4. The Bertz CT molecular complexity index is 1070. The van der Waals surface area contributed by atoms with Crippen LogP contribution in [0.2, 0.25) is 0 Å². The van der Waals surface area contributed by atoms with E-state index in [1.165, 1.54) is 23.5 Å². The summed E-state index contributed by atoms with van der Waals surface area (Å²) in [5, 5.41) is 3.29. The first-order chi connectivity index (χ1) is 12.3. The van der Waals surface area contributed by atoms with Gasteiger partial charge in [0, 0.05) is 5.56 Å². The normalized spacial score (nSPS) is 11.8. The lowest BCUT2D eigenvalue weighted by Crippen LogP contribution is -2.13. The van der Waals surface area contributed by atoms with E-state index in [1.54, 1.807) is 19.1 Å². The van der Waals surface area contributed by atoms with Gasteiger partial charge in [-0.1, -0.05) is 50.3 Å². The van der Waals surface area contributed by atoms with E-state index >= 15 is 0 Å². The summed E-state index contributed by atoms with van der Waals surface area (Å²) in [4.78, 5) is 17.2. The molecular formula is C19H20N2O3S2. The Balaban J connectivity index is 1.90. The number of nitrogens with zero attached hydrogens (tertiary/aromatic N) is 1. The molecule has 136 valence electrons. The minimum atomic E-state index is -3.36. The number of para-hydroxylation sites is 1. The van der Waals surface area contributed by atoms with Gasteiger partial charge in [-0.25, -0.2) is 13.4 Å². The molecule has 1 N–H and O–H groups in total. The molecule has 0 atom stereocenters. The molecule has 0 aliphatic heterocycles. The molecule has 1 heterocycles. The number of carbonyl (C=O) groups is 1. The highest BCUT2D eigenvalue weighted by molar-refractivity contribution is 7.91. The van der Waals surface area contributed by atoms with Crippen LogP contribution in [0.4, 0.5) is 5.13 Å². The van der Waals surface area contributed by atoms with Gasteiger partial charge in [0.15, 0.2) is 15.0 Å². The number of hydrogen-bond acceptors (Lipinski definition) is 5. The Morgan fingerprint density at radius 1 is 1.19 bits per heavy atom. The predicted molar refractivity (Wildman–Crippen MR) is 106 cm³/mol. The van der Waals surface area contributed by atoms with Crippen LogP contribution >= 0.6 is 11.3 Å². The molecule has 0 spiro atoms. The molecule has 0 radical (unpaired) electrons. The number of amides is 1. The molecule has 1 amide bonds. The van der Waals surface area contributed by atoms with Gasteiger partial charge in [0.1, 0.15) is 0 Å². The zero-order chi connectivity index (χ0) is 18.9. The van der Waals surface area contributed by atoms with Crippen LogP contribution < -0.4 is 5.32 Å². The Kier molecular flexibility index (Phi) is 5.11. The lowest BCUT2D eigenvalue weighted by molar-refractivity contribution is 0.102. The molecule has 7 heteroatoms. The summed E-state index contributed by atoms with van der Waals surface area (Å²) in [5.74, 6) is -0.0444. The average molecular weight is 389 g/mol. The fourth-order valence-electron chi connectivity index (χ4n) is 2.66. The van der Waals surface area contributed by atoms with Gasteiger partial charge in [0.05, 0.1) is 20.9 Å². The lowest BCUT2D eigenvalue weighted by atomic mass is 10.0. The summed E-state index contributed by atoms with van der Waals surface area (Å²) in [7, 11) is -3.36. The van der Waals surface area contributed by atoms with Gasteiger partial charge in [-0.2, -0.15) is 0 Å². The van der Waals surface area contributed by atoms with Crippen molar-refractivity contribution in [3.8, 4) is 0 Å². The summed E-state index contributed by atoms with van der Waals surface area (Å²) in [6, 6.07) is 12.1. The molecule has 3 rings (SSSR count). The summed E-state index contributed by atoms with van der Waals surface area (Å²) < 4.78 is 25.0. The van der Waals surface area contributed by atoms with E-state index < -0.39 is 9.84 Å². The van der Waals surface area contributed by atoms with Crippen molar-refractivity contribution in [1.82, 2.24) is 4.98 Å². The number of anilines is 1. The van der Waals surface area contributed by atoms with Gasteiger partial charge >= 0.3 is 0 Å². The average Bonchev–Trinajstić information content (AvgIpc) is 3.03. The highest BCUT2D eigenvalue weighted by Crippen LogP contribution is 2.31. The van der Waals surface area contributed by atoms with Crippen molar-refractivity contribution in [1.29, 1.82) is 0 Å². The Labute approximate surface area is 157 Å². The lowest BCUT2D eigenvalue weighted by Gasteiger charge is -2.05. The summed E-state index contributed by atoms with van der Waals surface area (Å²) >= 11 is 1.40. The van der Waals surface area contributed by atoms with Crippen molar-refractivity contribution in [2.45, 2.75) is 31.6 Å². The maximum Gasteiger partial charge on any atom is 0.257 e. The number of sulfone groups is 1. The monoisotopic (exact) mass is 388 g/mol. The van der Waals surface area contributed by atoms with Gasteiger partial charge in [-0.3, -0.25) is 10.1 Å². The van der Waals surface area contributed by atoms with Gasteiger partial charge in [0.25, 0.3) is 5.91 Å². The van der Waals surface area contributed by atoms with Gasteiger partial charge in [-0.15, -0.1) is 0 Å². The minimum absolute atomic E-state index is 0.00603. The molecule has 0 aliphatic carbocycles. The molecular weight excluding hydrogens is 368 g/mol. The first-order valence-electron chi connectivity index (χ1n) is 8.35. The van der Waals surface area contributed by atoms with Gasteiger partial charge in [0.2, 0.25) is 0 Å². The number of thiazole rings is 1. The first-order valence-corrected chi connectivity index (χ1v) is 10.8. The Hall–Kier alpha value is -2.25. The van der Waals surface area contributed by atoms with E-state index in [0.717, 1.165) is 15.8 Å². The van der Waals surface area contributed by atoms with E-state index in [0.29, 0.717) is 16.6 Å². The van der Waals surface area contributed by atoms with Crippen LogP contribution in [0, 0.1) is 0 Å². The smallest absolute Gasteiger partial charge is 0.257 e.